The highest BCUT2D eigenvalue weighted by molar-refractivity contribution is 4.59. The van der Waals surface area contributed by atoms with Crippen LogP contribution < -0.4 is 0 Å². The third-order valence-corrected chi connectivity index (χ3v) is 4.30. The van der Waals surface area contributed by atoms with Gasteiger partial charge in [-0.2, -0.15) is 0 Å². The van der Waals surface area contributed by atoms with Gasteiger partial charge in [-0.25, -0.2) is 0 Å². The minimum Gasteiger partial charge on any atom is -0.0776 e. The maximum atomic E-state index is 2.38. The van der Waals surface area contributed by atoms with Gasteiger partial charge in [-0.15, -0.1) is 0 Å². The average Bonchev–Trinajstić information content (AvgIpc) is 2.32. The number of rotatable bonds is 1. The Bertz CT molecular complexity index is 125. The van der Waals surface area contributed by atoms with E-state index in [9.17, 15) is 0 Å². The second-order valence-electron chi connectivity index (χ2n) is 5.74. The molecule has 0 N–H and O–H groups in total. The predicted octanol–water partition coefficient (Wildman–Crippen LogP) is 6.73. The summed E-state index contributed by atoms with van der Waals surface area (Å²) in [5.41, 5.74) is 0. The fourth-order valence-corrected chi connectivity index (χ4v) is 3.01. The summed E-state index contributed by atoms with van der Waals surface area (Å²) >= 11 is 0. The Morgan fingerprint density at radius 1 is 0.588 bits per heavy atom. The molecule has 0 nitrogen and oxygen atoms in total. The molecule has 1 aliphatic rings. The zero-order valence-electron chi connectivity index (χ0n) is 11.5. The summed E-state index contributed by atoms with van der Waals surface area (Å²) in [5.74, 6) is 1.04. The Balaban J connectivity index is 0.00000256. The molecule has 0 atom stereocenters. The van der Waals surface area contributed by atoms with Crippen LogP contribution in [-0.4, -0.2) is 0 Å². The van der Waals surface area contributed by atoms with Gasteiger partial charge in [0.1, 0.15) is 0 Å². The van der Waals surface area contributed by atoms with E-state index in [0.29, 0.717) is 0 Å². The van der Waals surface area contributed by atoms with Gasteiger partial charge in [0.2, 0.25) is 0 Å². The van der Waals surface area contributed by atoms with E-state index in [0.717, 1.165) is 5.92 Å². The molecule has 0 bridgehead atoms. The van der Waals surface area contributed by atoms with Crippen LogP contribution >= 0.6 is 0 Å². The second-order valence-corrected chi connectivity index (χ2v) is 5.74. The predicted molar refractivity (Wildman–Crippen MR) is 80.5 cm³/mol. The quantitative estimate of drug-likeness (QED) is 0.476. The average molecular weight is 240 g/mol. The molecule has 0 aromatic carbocycles. The van der Waals surface area contributed by atoms with E-state index in [1.165, 1.54) is 89.9 Å². The van der Waals surface area contributed by atoms with Gasteiger partial charge in [-0.05, 0) is 5.92 Å². The molecule has 0 aromatic rings. The lowest BCUT2D eigenvalue weighted by Gasteiger charge is -2.15. The molecule has 1 aliphatic carbocycles. The van der Waals surface area contributed by atoms with Gasteiger partial charge >= 0.3 is 0 Å². The smallest absolute Gasteiger partial charge is 0.0417 e. The fourth-order valence-electron chi connectivity index (χ4n) is 3.01. The largest absolute Gasteiger partial charge is 0.0776 e. The highest BCUT2D eigenvalue weighted by Crippen LogP contribution is 2.22. The topological polar surface area (TPSA) is 0 Å². The Morgan fingerprint density at radius 2 is 0.882 bits per heavy atom. The molecule has 1 saturated carbocycles. The molecule has 0 heterocycles. The molecule has 1 rings (SSSR count). The lowest BCUT2D eigenvalue weighted by atomic mass is 9.91. The first-order valence-corrected chi connectivity index (χ1v) is 7.93. The molecule has 104 valence electrons. The van der Waals surface area contributed by atoms with Gasteiger partial charge in [-0.3, -0.25) is 0 Å². The van der Waals surface area contributed by atoms with Crippen LogP contribution in [0.3, 0.4) is 0 Å². The van der Waals surface area contributed by atoms with Crippen LogP contribution in [0.5, 0.6) is 0 Å². The second kappa shape index (κ2) is 12.5. The Morgan fingerprint density at radius 3 is 1.18 bits per heavy atom. The Kier molecular flexibility index (Phi) is 12.5. The molecular weight excluding hydrogens is 204 g/mol. The van der Waals surface area contributed by atoms with E-state index >= 15 is 0 Å². The van der Waals surface area contributed by atoms with E-state index in [4.69, 9.17) is 0 Å². The fraction of sp³-hybridized carbons (Fsp3) is 1.00. The van der Waals surface area contributed by atoms with Crippen molar-refractivity contribution in [1.29, 1.82) is 0 Å². The minimum absolute atomic E-state index is 0. The zero-order chi connectivity index (χ0) is 11.5. The summed E-state index contributed by atoms with van der Waals surface area (Å²) in [6.07, 6.45) is 20.9. The van der Waals surface area contributed by atoms with Crippen molar-refractivity contribution >= 4 is 0 Å². The SMILES string of the molecule is C.CCC1CCCCCCCCCCCCC1. The zero-order valence-corrected chi connectivity index (χ0v) is 11.5. The standard InChI is InChI=1S/C16H32.CH4/c1-2-16-14-12-10-8-6-4-3-5-7-9-11-13-15-16;/h16H,2-15H2,1H3;1H4. The first-order valence-electron chi connectivity index (χ1n) is 7.93. The number of hydrogen-bond acceptors (Lipinski definition) is 0. The number of hydrogen-bond donors (Lipinski definition) is 0. The molecule has 0 spiro atoms. The van der Waals surface area contributed by atoms with E-state index in [1.807, 2.05) is 0 Å². The van der Waals surface area contributed by atoms with E-state index in [1.54, 1.807) is 0 Å². The Labute approximate surface area is 111 Å². The van der Waals surface area contributed by atoms with Gasteiger partial charge in [0, 0.05) is 0 Å². The molecule has 0 aliphatic heterocycles. The highest BCUT2D eigenvalue weighted by Gasteiger charge is 2.06. The lowest BCUT2D eigenvalue weighted by molar-refractivity contribution is 0.388. The van der Waals surface area contributed by atoms with Crippen molar-refractivity contribution in [3.63, 3.8) is 0 Å². The molecule has 0 heteroatoms. The van der Waals surface area contributed by atoms with E-state index < -0.39 is 0 Å². The van der Waals surface area contributed by atoms with Crippen LogP contribution in [0, 0.1) is 5.92 Å². The van der Waals surface area contributed by atoms with Crippen molar-refractivity contribution in [3.8, 4) is 0 Å². The van der Waals surface area contributed by atoms with Gasteiger partial charge in [0.05, 0.1) is 0 Å². The van der Waals surface area contributed by atoms with Crippen molar-refractivity contribution in [2.75, 3.05) is 0 Å². The van der Waals surface area contributed by atoms with Gasteiger partial charge in [0.25, 0.3) is 0 Å². The molecule has 17 heavy (non-hydrogen) atoms. The summed E-state index contributed by atoms with van der Waals surface area (Å²) in [4.78, 5) is 0. The minimum atomic E-state index is 0. The Hall–Kier alpha value is 0. The third-order valence-electron chi connectivity index (χ3n) is 4.30. The molecule has 1 fully saturated rings. The van der Waals surface area contributed by atoms with Crippen LogP contribution in [0.15, 0.2) is 0 Å². The highest BCUT2D eigenvalue weighted by atomic mass is 14.1. The van der Waals surface area contributed by atoms with Crippen LogP contribution in [0.4, 0.5) is 0 Å². The maximum Gasteiger partial charge on any atom is -0.0417 e. The lowest BCUT2D eigenvalue weighted by Crippen LogP contribution is -1.99. The van der Waals surface area contributed by atoms with Crippen LogP contribution in [0.25, 0.3) is 0 Å². The molecule has 0 radical (unpaired) electrons. The van der Waals surface area contributed by atoms with E-state index in [-0.39, 0.29) is 7.43 Å². The monoisotopic (exact) mass is 240 g/mol. The van der Waals surface area contributed by atoms with Crippen LogP contribution in [0.2, 0.25) is 0 Å². The molecular formula is C17H36. The summed E-state index contributed by atoms with van der Waals surface area (Å²) in [7, 11) is 0. The first kappa shape index (κ1) is 17.0. The summed E-state index contributed by atoms with van der Waals surface area (Å²) in [6, 6.07) is 0. The van der Waals surface area contributed by atoms with Crippen molar-refractivity contribution < 1.29 is 0 Å². The van der Waals surface area contributed by atoms with Gasteiger partial charge < -0.3 is 0 Å². The molecule has 0 amide bonds. The van der Waals surface area contributed by atoms with E-state index in [2.05, 4.69) is 6.92 Å². The first-order chi connectivity index (χ1) is 7.93. The summed E-state index contributed by atoms with van der Waals surface area (Å²) in [5, 5.41) is 0. The molecule has 0 unspecified atom stereocenters. The summed E-state index contributed by atoms with van der Waals surface area (Å²) in [6.45, 7) is 2.38. The summed E-state index contributed by atoms with van der Waals surface area (Å²) < 4.78 is 0. The molecule has 0 aromatic heterocycles. The van der Waals surface area contributed by atoms with Gasteiger partial charge in [0.15, 0.2) is 0 Å². The van der Waals surface area contributed by atoms with Crippen LogP contribution in [-0.2, 0) is 0 Å². The van der Waals surface area contributed by atoms with Crippen molar-refractivity contribution in [3.05, 3.63) is 0 Å². The molecule has 0 saturated heterocycles. The van der Waals surface area contributed by atoms with Crippen molar-refractivity contribution in [2.45, 2.75) is 104 Å². The maximum absolute atomic E-state index is 2.38. The normalized spacial score (nSPS) is 22.4. The van der Waals surface area contributed by atoms with Gasteiger partial charge in [-0.1, -0.05) is 104 Å². The van der Waals surface area contributed by atoms with Crippen molar-refractivity contribution in [1.82, 2.24) is 0 Å². The van der Waals surface area contributed by atoms with Crippen molar-refractivity contribution in [2.24, 2.45) is 5.92 Å². The third kappa shape index (κ3) is 9.68. The van der Waals surface area contributed by atoms with Crippen LogP contribution in [0.1, 0.15) is 104 Å².